The van der Waals surface area contributed by atoms with Gasteiger partial charge < -0.3 is 15.4 Å². The van der Waals surface area contributed by atoms with Crippen molar-refractivity contribution in [3.05, 3.63) is 62.6 Å². The second kappa shape index (κ2) is 11.0. The molecule has 2 aliphatic rings. The third-order valence-electron chi connectivity index (χ3n) is 6.34. The van der Waals surface area contributed by atoms with E-state index in [4.69, 9.17) is 27.9 Å². The maximum absolute atomic E-state index is 14.0. The van der Waals surface area contributed by atoms with Crippen LogP contribution in [-0.4, -0.2) is 59.2 Å². The van der Waals surface area contributed by atoms with E-state index in [0.717, 1.165) is 6.07 Å². The fourth-order valence-corrected chi connectivity index (χ4v) is 5.85. The number of ether oxygens (including phenoxy) is 1. The van der Waals surface area contributed by atoms with Gasteiger partial charge in [-0.15, -0.1) is 0 Å². The Morgan fingerprint density at radius 3 is 2.64 bits per heavy atom. The molecule has 1 amide bonds. The smallest absolute Gasteiger partial charge is 0.370 e. The van der Waals surface area contributed by atoms with Gasteiger partial charge in [-0.2, -0.15) is 13.2 Å². The van der Waals surface area contributed by atoms with Gasteiger partial charge in [0.15, 0.2) is 0 Å². The van der Waals surface area contributed by atoms with Crippen molar-refractivity contribution in [3.63, 3.8) is 0 Å². The molecule has 2 N–H and O–H groups in total. The molecular formula is C24H26Cl2F3N3O3S. The van der Waals surface area contributed by atoms with E-state index in [-0.39, 0.29) is 34.8 Å². The summed E-state index contributed by atoms with van der Waals surface area (Å²) in [6.45, 7) is 4.42. The average Bonchev–Trinajstić information content (AvgIpc) is 2.81. The SMILES string of the molecule is CCS(=O)c1ccc(Cl)cc1CNC(=O)c1cc(Cl)c(CN2CCOC3(CNC3)C2)c(C(F)(F)F)c1. The Hall–Kier alpha value is -1.69. The number of carbonyl (C=O) groups excluding carboxylic acids is 1. The van der Waals surface area contributed by atoms with Crippen LogP contribution >= 0.6 is 23.2 Å². The van der Waals surface area contributed by atoms with Crippen LogP contribution in [0, 0.1) is 0 Å². The van der Waals surface area contributed by atoms with Gasteiger partial charge >= 0.3 is 6.18 Å². The van der Waals surface area contributed by atoms with E-state index in [9.17, 15) is 22.2 Å². The second-order valence-corrected chi connectivity index (χ2v) is 11.4. The molecule has 196 valence electrons. The predicted molar refractivity (Wildman–Crippen MR) is 133 cm³/mol. The van der Waals surface area contributed by atoms with Crippen LogP contribution in [-0.2, 0) is 34.8 Å². The van der Waals surface area contributed by atoms with Crippen molar-refractivity contribution in [2.45, 2.75) is 36.7 Å². The highest BCUT2D eigenvalue weighted by atomic mass is 35.5. The standard InChI is InChI=1S/C24H26Cl2F3N3O3S/c1-2-36(34)21-4-3-17(25)7-16(21)10-31-22(33)15-8-19(24(27,28)29)18(20(26)9-15)11-32-5-6-35-23(14-32)12-30-13-23/h3-4,7-9,30H,2,5-6,10-14H2,1H3,(H,31,33). The van der Waals surface area contributed by atoms with Gasteiger partial charge in [-0.1, -0.05) is 30.1 Å². The first kappa shape index (κ1) is 27.3. The maximum atomic E-state index is 14.0. The number of rotatable bonds is 7. The van der Waals surface area contributed by atoms with Crippen LogP contribution in [0.5, 0.6) is 0 Å². The number of nitrogens with one attached hydrogen (secondary N) is 2. The lowest BCUT2D eigenvalue weighted by Gasteiger charge is -2.48. The molecule has 0 aliphatic carbocycles. The lowest BCUT2D eigenvalue weighted by molar-refractivity contribution is -0.142. The minimum atomic E-state index is -4.70. The summed E-state index contributed by atoms with van der Waals surface area (Å²) < 4.78 is 60.2. The minimum absolute atomic E-state index is 0.00457. The van der Waals surface area contributed by atoms with Crippen LogP contribution in [0.15, 0.2) is 35.2 Å². The second-order valence-electron chi connectivity index (χ2n) is 8.90. The Labute approximate surface area is 219 Å². The summed E-state index contributed by atoms with van der Waals surface area (Å²) in [5, 5.41) is 6.01. The lowest BCUT2D eigenvalue weighted by atomic mass is 9.94. The van der Waals surface area contributed by atoms with E-state index in [1.165, 1.54) is 6.07 Å². The number of alkyl halides is 3. The average molecular weight is 564 g/mol. The van der Waals surface area contributed by atoms with Crippen LogP contribution < -0.4 is 10.6 Å². The van der Waals surface area contributed by atoms with Crippen LogP contribution in [0.2, 0.25) is 10.0 Å². The number of halogens is 5. The monoisotopic (exact) mass is 563 g/mol. The van der Waals surface area contributed by atoms with Crippen molar-refractivity contribution < 1.29 is 26.9 Å². The van der Waals surface area contributed by atoms with Crippen molar-refractivity contribution in [2.75, 3.05) is 38.5 Å². The fraction of sp³-hybridized carbons (Fsp3) is 0.458. The molecule has 2 heterocycles. The molecule has 2 saturated heterocycles. The molecule has 4 rings (SSSR count). The molecule has 1 unspecified atom stereocenters. The van der Waals surface area contributed by atoms with E-state index in [1.54, 1.807) is 25.1 Å². The largest absolute Gasteiger partial charge is 0.416 e. The summed E-state index contributed by atoms with van der Waals surface area (Å²) in [5.74, 6) is -0.358. The van der Waals surface area contributed by atoms with Gasteiger partial charge in [-0.3, -0.25) is 13.9 Å². The van der Waals surface area contributed by atoms with Crippen LogP contribution in [0.4, 0.5) is 13.2 Å². The van der Waals surface area contributed by atoms with Gasteiger partial charge in [0.2, 0.25) is 0 Å². The topological polar surface area (TPSA) is 70.7 Å². The van der Waals surface area contributed by atoms with Crippen molar-refractivity contribution >= 4 is 39.9 Å². The molecule has 2 aliphatic heterocycles. The zero-order chi connectivity index (χ0) is 26.1. The molecule has 0 saturated carbocycles. The zero-order valence-corrected chi connectivity index (χ0v) is 21.8. The van der Waals surface area contributed by atoms with Crippen molar-refractivity contribution in [1.29, 1.82) is 0 Å². The van der Waals surface area contributed by atoms with Crippen molar-refractivity contribution in [1.82, 2.24) is 15.5 Å². The number of morpholine rings is 1. The molecule has 0 bridgehead atoms. The van der Waals surface area contributed by atoms with Crippen LogP contribution in [0.25, 0.3) is 0 Å². The minimum Gasteiger partial charge on any atom is -0.370 e. The Morgan fingerprint density at radius 2 is 2.00 bits per heavy atom. The molecular weight excluding hydrogens is 538 g/mol. The number of amides is 1. The Morgan fingerprint density at radius 1 is 1.25 bits per heavy atom. The van der Waals surface area contributed by atoms with Gasteiger partial charge in [0, 0.05) is 65.5 Å². The lowest BCUT2D eigenvalue weighted by Crippen LogP contribution is -2.68. The Bertz CT molecular complexity index is 1180. The highest BCUT2D eigenvalue weighted by Crippen LogP contribution is 2.37. The summed E-state index contributed by atoms with van der Waals surface area (Å²) in [5.41, 5.74) is -1.06. The van der Waals surface area contributed by atoms with Crippen molar-refractivity contribution in [3.8, 4) is 0 Å². The van der Waals surface area contributed by atoms with Crippen LogP contribution in [0.1, 0.15) is 34.0 Å². The highest BCUT2D eigenvalue weighted by Gasteiger charge is 2.43. The third kappa shape index (κ3) is 6.06. The van der Waals surface area contributed by atoms with Gasteiger partial charge in [-0.05, 0) is 41.5 Å². The molecule has 2 aromatic rings. The zero-order valence-electron chi connectivity index (χ0n) is 19.5. The molecule has 1 spiro atoms. The van der Waals surface area contributed by atoms with Gasteiger partial charge in [0.05, 0.1) is 23.0 Å². The Balaban J connectivity index is 1.55. The van der Waals surface area contributed by atoms with Crippen LogP contribution in [0.3, 0.4) is 0 Å². The molecule has 0 aromatic heterocycles. The Kier molecular flexibility index (Phi) is 8.33. The maximum Gasteiger partial charge on any atom is 0.416 e. The summed E-state index contributed by atoms with van der Waals surface area (Å²) in [6, 6.07) is 6.88. The molecule has 1 atom stereocenters. The summed E-state index contributed by atoms with van der Waals surface area (Å²) in [6.07, 6.45) is -4.70. The first-order valence-corrected chi connectivity index (χ1v) is 13.5. The third-order valence-corrected chi connectivity index (χ3v) is 8.32. The first-order valence-electron chi connectivity index (χ1n) is 11.4. The molecule has 2 aromatic carbocycles. The number of carbonyl (C=O) groups is 1. The number of nitrogens with zero attached hydrogens (tertiary/aromatic N) is 1. The molecule has 6 nitrogen and oxygen atoms in total. The van der Waals surface area contributed by atoms with Crippen molar-refractivity contribution in [2.24, 2.45) is 0 Å². The number of benzene rings is 2. The van der Waals surface area contributed by atoms with E-state index < -0.39 is 28.4 Å². The first-order chi connectivity index (χ1) is 17.0. The highest BCUT2D eigenvalue weighted by molar-refractivity contribution is 7.85. The van der Waals surface area contributed by atoms with E-state index in [2.05, 4.69) is 10.6 Å². The number of hydrogen-bond donors (Lipinski definition) is 2. The summed E-state index contributed by atoms with van der Waals surface area (Å²) >= 11 is 12.4. The van der Waals surface area contributed by atoms with E-state index in [0.29, 0.717) is 54.0 Å². The van der Waals surface area contributed by atoms with Gasteiger partial charge in [-0.25, -0.2) is 0 Å². The molecule has 12 heteroatoms. The van der Waals surface area contributed by atoms with E-state index in [1.807, 2.05) is 4.90 Å². The normalized spacial score (nSPS) is 18.6. The molecule has 0 radical (unpaired) electrons. The summed E-state index contributed by atoms with van der Waals surface area (Å²) in [4.78, 5) is 15.2. The summed E-state index contributed by atoms with van der Waals surface area (Å²) in [7, 11) is -1.30. The fourth-order valence-electron chi connectivity index (χ4n) is 4.42. The van der Waals surface area contributed by atoms with E-state index >= 15 is 0 Å². The van der Waals surface area contributed by atoms with Gasteiger partial charge in [0.25, 0.3) is 5.91 Å². The number of hydrogen-bond acceptors (Lipinski definition) is 5. The molecule has 2 fully saturated rings. The van der Waals surface area contributed by atoms with Gasteiger partial charge in [0.1, 0.15) is 5.60 Å². The predicted octanol–water partition coefficient (Wildman–Crippen LogP) is 4.24. The molecule has 36 heavy (non-hydrogen) atoms. The quantitative estimate of drug-likeness (QED) is 0.527.